The fourth-order valence-corrected chi connectivity index (χ4v) is 0.771. The highest BCUT2D eigenvalue weighted by Gasteiger charge is 2.38. The van der Waals surface area contributed by atoms with Crippen LogP contribution >= 0.6 is 0 Å². The molecule has 0 aliphatic heterocycles. The fourth-order valence-electron chi connectivity index (χ4n) is 0.771. The van der Waals surface area contributed by atoms with Crippen LogP contribution in [0.2, 0.25) is 0 Å². The van der Waals surface area contributed by atoms with Gasteiger partial charge in [0.25, 0.3) is 0 Å². The van der Waals surface area contributed by atoms with Gasteiger partial charge >= 0.3 is 18.2 Å². The van der Waals surface area contributed by atoms with Gasteiger partial charge in [0.15, 0.2) is 0 Å². The molecule has 84 valence electrons. The number of rotatable bonds is 2. The minimum atomic E-state index is -4.73. The standard InChI is InChI=1S/C6H6F3N3O3/c1-2(10-5(13)14)3-11-12-4(15-3)6(7,8)9/h2,10H,1H3,(H,13,14). The normalized spacial score (nSPS) is 13.6. The Morgan fingerprint density at radius 3 is 2.53 bits per heavy atom. The van der Waals surface area contributed by atoms with Crippen LogP contribution in [0.1, 0.15) is 24.7 Å². The van der Waals surface area contributed by atoms with Gasteiger partial charge < -0.3 is 14.8 Å². The van der Waals surface area contributed by atoms with Crippen molar-refractivity contribution in [2.45, 2.75) is 19.1 Å². The summed E-state index contributed by atoms with van der Waals surface area (Å²) in [5, 5.41) is 16.0. The Bertz CT molecular complexity index is 362. The molecule has 0 saturated heterocycles. The van der Waals surface area contributed by atoms with Crippen LogP contribution in [0.25, 0.3) is 0 Å². The molecule has 1 aromatic heterocycles. The Kier molecular flexibility index (Phi) is 2.82. The molecule has 0 fully saturated rings. The first-order valence-electron chi connectivity index (χ1n) is 3.70. The lowest BCUT2D eigenvalue weighted by molar-refractivity contribution is -0.157. The number of carboxylic acid groups (broad SMARTS) is 1. The molecule has 1 amide bonds. The quantitative estimate of drug-likeness (QED) is 0.794. The second-order valence-corrected chi connectivity index (χ2v) is 2.61. The second kappa shape index (κ2) is 3.75. The predicted octanol–water partition coefficient (Wildman–Crippen LogP) is 1.42. The zero-order valence-corrected chi connectivity index (χ0v) is 7.37. The molecule has 0 bridgehead atoms. The van der Waals surface area contributed by atoms with E-state index in [0.29, 0.717) is 0 Å². The number of hydrogen-bond donors (Lipinski definition) is 2. The van der Waals surface area contributed by atoms with Gasteiger partial charge in [0.2, 0.25) is 5.89 Å². The van der Waals surface area contributed by atoms with Crippen LogP contribution in [-0.4, -0.2) is 21.4 Å². The number of carbonyl (C=O) groups is 1. The summed E-state index contributed by atoms with van der Waals surface area (Å²) in [7, 11) is 0. The van der Waals surface area contributed by atoms with Crippen molar-refractivity contribution in [3.63, 3.8) is 0 Å². The van der Waals surface area contributed by atoms with Gasteiger partial charge in [-0.25, -0.2) is 4.79 Å². The smallest absolute Gasteiger partial charge is 0.465 e. The Morgan fingerprint density at radius 1 is 1.53 bits per heavy atom. The van der Waals surface area contributed by atoms with Gasteiger partial charge in [0.05, 0.1) is 0 Å². The van der Waals surface area contributed by atoms with Crippen molar-refractivity contribution < 1.29 is 27.5 Å². The van der Waals surface area contributed by atoms with Gasteiger partial charge in [-0.2, -0.15) is 13.2 Å². The molecule has 15 heavy (non-hydrogen) atoms. The van der Waals surface area contributed by atoms with E-state index >= 15 is 0 Å². The van der Waals surface area contributed by atoms with Gasteiger partial charge in [0.1, 0.15) is 6.04 Å². The molecule has 1 atom stereocenters. The largest absolute Gasteiger partial charge is 0.470 e. The summed E-state index contributed by atoms with van der Waals surface area (Å²) >= 11 is 0. The van der Waals surface area contributed by atoms with E-state index < -0.39 is 30.1 Å². The maximum absolute atomic E-state index is 12.0. The molecule has 0 spiro atoms. The minimum Gasteiger partial charge on any atom is -0.465 e. The molecule has 0 aliphatic rings. The molecule has 9 heteroatoms. The zero-order valence-electron chi connectivity index (χ0n) is 7.37. The summed E-state index contributed by atoms with van der Waals surface area (Å²) in [6.45, 7) is 1.28. The SMILES string of the molecule is CC(NC(=O)O)c1nnc(C(F)(F)F)o1. The van der Waals surface area contributed by atoms with E-state index in [0.717, 1.165) is 0 Å². The number of nitrogens with zero attached hydrogens (tertiary/aromatic N) is 2. The topological polar surface area (TPSA) is 88.2 Å². The molecular formula is C6H6F3N3O3. The van der Waals surface area contributed by atoms with Crippen molar-refractivity contribution in [2.24, 2.45) is 0 Å². The summed E-state index contributed by atoms with van der Waals surface area (Å²) in [5.41, 5.74) is 0. The molecule has 1 heterocycles. The van der Waals surface area contributed by atoms with Crippen LogP contribution in [0.3, 0.4) is 0 Å². The molecule has 1 unspecified atom stereocenters. The average Bonchev–Trinajstić information content (AvgIpc) is 2.48. The molecule has 0 saturated carbocycles. The third-order valence-electron chi connectivity index (χ3n) is 1.39. The van der Waals surface area contributed by atoms with Crippen LogP contribution < -0.4 is 5.32 Å². The van der Waals surface area contributed by atoms with Crippen molar-refractivity contribution >= 4 is 6.09 Å². The van der Waals surface area contributed by atoms with Crippen molar-refractivity contribution in [2.75, 3.05) is 0 Å². The van der Waals surface area contributed by atoms with E-state index in [1.807, 2.05) is 5.32 Å². The van der Waals surface area contributed by atoms with Crippen LogP contribution in [0.15, 0.2) is 4.42 Å². The maximum Gasteiger partial charge on any atom is 0.470 e. The van der Waals surface area contributed by atoms with Crippen molar-refractivity contribution in [3.8, 4) is 0 Å². The Hall–Kier alpha value is -1.80. The molecule has 0 aliphatic carbocycles. The highest BCUT2D eigenvalue weighted by Crippen LogP contribution is 2.28. The Balaban J connectivity index is 2.80. The third-order valence-corrected chi connectivity index (χ3v) is 1.39. The van der Waals surface area contributed by atoms with Crippen LogP contribution in [0, 0.1) is 0 Å². The summed E-state index contributed by atoms with van der Waals surface area (Å²) in [6.07, 6.45) is -6.12. The van der Waals surface area contributed by atoms with Crippen molar-refractivity contribution in [1.29, 1.82) is 0 Å². The summed E-state index contributed by atoms with van der Waals surface area (Å²) in [6, 6.07) is -0.994. The van der Waals surface area contributed by atoms with Crippen LogP contribution in [0.4, 0.5) is 18.0 Å². The number of alkyl halides is 3. The first-order chi connectivity index (χ1) is 6.80. The first-order valence-corrected chi connectivity index (χ1v) is 3.70. The lowest BCUT2D eigenvalue weighted by Gasteiger charge is -2.05. The van der Waals surface area contributed by atoms with E-state index in [9.17, 15) is 18.0 Å². The first kappa shape index (κ1) is 11.3. The third kappa shape index (κ3) is 2.82. The fraction of sp³-hybridized carbons (Fsp3) is 0.500. The van der Waals surface area contributed by atoms with Gasteiger partial charge in [-0.1, -0.05) is 0 Å². The van der Waals surface area contributed by atoms with E-state index in [1.54, 1.807) is 0 Å². The van der Waals surface area contributed by atoms with Crippen LogP contribution in [-0.2, 0) is 6.18 Å². The van der Waals surface area contributed by atoms with Gasteiger partial charge in [-0.15, -0.1) is 10.2 Å². The molecular weight excluding hydrogens is 219 g/mol. The molecule has 1 aromatic rings. The molecule has 6 nitrogen and oxygen atoms in total. The lowest BCUT2D eigenvalue weighted by Crippen LogP contribution is -2.24. The van der Waals surface area contributed by atoms with Gasteiger partial charge in [-0.3, -0.25) is 0 Å². The summed E-state index contributed by atoms with van der Waals surface area (Å²) in [5.74, 6) is -1.94. The van der Waals surface area contributed by atoms with Crippen molar-refractivity contribution in [1.82, 2.24) is 15.5 Å². The van der Waals surface area contributed by atoms with Crippen LogP contribution in [0.5, 0.6) is 0 Å². The van der Waals surface area contributed by atoms with E-state index in [1.165, 1.54) is 6.92 Å². The molecule has 1 rings (SSSR count). The van der Waals surface area contributed by atoms with Gasteiger partial charge in [0, 0.05) is 0 Å². The molecule has 0 radical (unpaired) electrons. The summed E-state index contributed by atoms with van der Waals surface area (Å²) < 4.78 is 40.2. The van der Waals surface area contributed by atoms with E-state index in [4.69, 9.17) is 5.11 Å². The van der Waals surface area contributed by atoms with E-state index in [-0.39, 0.29) is 0 Å². The maximum atomic E-state index is 12.0. The van der Waals surface area contributed by atoms with E-state index in [2.05, 4.69) is 14.6 Å². The zero-order chi connectivity index (χ0) is 11.6. The molecule has 2 N–H and O–H groups in total. The minimum absolute atomic E-state index is 0.440. The monoisotopic (exact) mass is 225 g/mol. The number of halogens is 3. The number of hydrogen-bond acceptors (Lipinski definition) is 4. The lowest BCUT2D eigenvalue weighted by atomic mass is 10.3. The average molecular weight is 225 g/mol. The molecule has 0 aromatic carbocycles. The predicted molar refractivity (Wildman–Crippen MR) is 38.9 cm³/mol. The second-order valence-electron chi connectivity index (χ2n) is 2.61. The Labute approximate surface area is 81.1 Å². The Morgan fingerprint density at radius 2 is 2.13 bits per heavy atom. The van der Waals surface area contributed by atoms with Gasteiger partial charge in [-0.05, 0) is 6.92 Å². The van der Waals surface area contributed by atoms with Crippen molar-refractivity contribution in [3.05, 3.63) is 11.8 Å². The number of aromatic nitrogens is 2. The number of amides is 1. The highest BCUT2D eigenvalue weighted by molar-refractivity contribution is 5.64. The summed E-state index contributed by atoms with van der Waals surface area (Å²) in [4.78, 5) is 10.2. The number of nitrogens with one attached hydrogen (secondary N) is 1. The highest BCUT2D eigenvalue weighted by atomic mass is 19.4.